The minimum absolute atomic E-state index is 0.174. The van der Waals surface area contributed by atoms with Crippen molar-refractivity contribution in [1.29, 1.82) is 10.5 Å². The summed E-state index contributed by atoms with van der Waals surface area (Å²) >= 11 is 6.12. The van der Waals surface area contributed by atoms with Crippen LogP contribution in [0, 0.1) is 29.6 Å². The average molecular weight is 422 g/mol. The van der Waals surface area contributed by atoms with Crippen LogP contribution in [0.5, 0.6) is 0 Å². The second-order valence-electron chi connectivity index (χ2n) is 7.06. The molecule has 9 heteroatoms. The van der Waals surface area contributed by atoms with Gasteiger partial charge in [0.05, 0.1) is 28.0 Å². The van der Waals surface area contributed by atoms with Gasteiger partial charge in [0.1, 0.15) is 23.6 Å². The Labute approximate surface area is 179 Å². The van der Waals surface area contributed by atoms with Crippen molar-refractivity contribution in [1.82, 2.24) is 19.3 Å². The van der Waals surface area contributed by atoms with Gasteiger partial charge in [-0.05, 0) is 32.0 Å². The summed E-state index contributed by atoms with van der Waals surface area (Å²) in [4.78, 5) is 16.2. The number of carbonyl (C=O) groups excluding carboxylic acids is 1. The monoisotopic (exact) mass is 421 g/mol. The van der Waals surface area contributed by atoms with Crippen LogP contribution in [0.15, 0.2) is 30.5 Å². The highest BCUT2D eigenvalue weighted by molar-refractivity contribution is 6.32. The fourth-order valence-electron chi connectivity index (χ4n) is 3.51. The SMILES string of the molecule is Cc1nc(C(N)=O)c([C@@H](C)Cn2ccc(-c3ccc(C#N)c(Cl)c3)n2)n1C(C)C#N. The Morgan fingerprint density at radius 2 is 2.03 bits per heavy atom. The minimum Gasteiger partial charge on any atom is -0.364 e. The van der Waals surface area contributed by atoms with Gasteiger partial charge in [-0.3, -0.25) is 9.48 Å². The number of primary amides is 1. The molecule has 8 nitrogen and oxygen atoms in total. The summed E-state index contributed by atoms with van der Waals surface area (Å²) in [6, 6.07) is 10.7. The molecule has 0 saturated carbocycles. The Kier molecular flexibility index (Phi) is 5.91. The van der Waals surface area contributed by atoms with Gasteiger partial charge in [0, 0.05) is 24.2 Å². The summed E-state index contributed by atoms with van der Waals surface area (Å²) in [5, 5.41) is 23.4. The van der Waals surface area contributed by atoms with Gasteiger partial charge in [0.25, 0.3) is 5.91 Å². The fraction of sp³-hybridized carbons (Fsp3) is 0.286. The highest BCUT2D eigenvalue weighted by Crippen LogP contribution is 2.28. The Balaban J connectivity index is 1.92. The van der Waals surface area contributed by atoms with Crippen LogP contribution in [0.1, 0.15) is 53.4 Å². The number of nitrogens with two attached hydrogens (primary N) is 1. The van der Waals surface area contributed by atoms with Crippen molar-refractivity contribution in [2.75, 3.05) is 0 Å². The average Bonchev–Trinajstić information content (AvgIpc) is 3.31. The van der Waals surface area contributed by atoms with Crippen LogP contribution in [-0.4, -0.2) is 25.2 Å². The van der Waals surface area contributed by atoms with E-state index in [1.165, 1.54) is 0 Å². The number of amides is 1. The van der Waals surface area contributed by atoms with Gasteiger partial charge < -0.3 is 10.3 Å². The van der Waals surface area contributed by atoms with E-state index in [1.807, 2.05) is 25.3 Å². The zero-order valence-electron chi connectivity index (χ0n) is 16.8. The van der Waals surface area contributed by atoms with E-state index in [9.17, 15) is 10.1 Å². The number of rotatable bonds is 6. The summed E-state index contributed by atoms with van der Waals surface area (Å²) in [6.45, 7) is 5.88. The zero-order chi connectivity index (χ0) is 22.0. The van der Waals surface area contributed by atoms with Gasteiger partial charge in [-0.2, -0.15) is 15.6 Å². The smallest absolute Gasteiger partial charge is 0.269 e. The molecule has 0 aliphatic rings. The van der Waals surface area contributed by atoms with Crippen LogP contribution in [0.4, 0.5) is 0 Å². The fourth-order valence-corrected chi connectivity index (χ4v) is 3.73. The van der Waals surface area contributed by atoms with E-state index in [4.69, 9.17) is 22.6 Å². The lowest BCUT2D eigenvalue weighted by molar-refractivity contribution is 0.0994. The van der Waals surface area contributed by atoms with Gasteiger partial charge in [-0.25, -0.2) is 4.98 Å². The lowest BCUT2D eigenvalue weighted by Gasteiger charge is -2.18. The first-order chi connectivity index (χ1) is 14.3. The van der Waals surface area contributed by atoms with Gasteiger partial charge in [0.15, 0.2) is 0 Å². The lowest BCUT2D eigenvalue weighted by Crippen LogP contribution is -2.20. The largest absolute Gasteiger partial charge is 0.364 e. The summed E-state index contributed by atoms with van der Waals surface area (Å²) < 4.78 is 3.50. The molecule has 3 rings (SSSR count). The standard InChI is InChI=1S/C21H20ClN7O/c1-12(20-19(21(25)30)26-14(3)29(20)13(2)9-23)11-28-7-6-18(27-28)15-4-5-16(10-24)17(22)8-15/h4-8,12-13H,11H2,1-3H3,(H2,25,30)/t12-,13?/m0/s1. The molecule has 2 heterocycles. The van der Waals surface area contributed by atoms with E-state index >= 15 is 0 Å². The Morgan fingerprint density at radius 1 is 1.30 bits per heavy atom. The normalized spacial score (nSPS) is 12.7. The molecule has 0 spiro atoms. The molecule has 0 fully saturated rings. The number of aromatic nitrogens is 4. The molecule has 0 bridgehead atoms. The number of nitrogens with zero attached hydrogens (tertiary/aromatic N) is 6. The second-order valence-corrected chi connectivity index (χ2v) is 7.47. The van der Waals surface area contributed by atoms with Crippen molar-refractivity contribution < 1.29 is 4.79 Å². The number of aryl methyl sites for hydroxylation is 1. The molecule has 2 N–H and O–H groups in total. The predicted octanol–water partition coefficient (Wildman–Crippen LogP) is 3.57. The molecule has 0 aliphatic carbocycles. The van der Waals surface area contributed by atoms with E-state index in [0.717, 1.165) is 5.56 Å². The third kappa shape index (κ3) is 3.91. The van der Waals surface area contributed by atoms with Crippen LogP contribution >= 0.6 is 11.6 Å². The zero-order valence-corrected chi connectivity index (χ0v) is 17.6. The topological polar surface area (TPSA) is 126 Å². The van der Waals surface area contributed by atoms with Gasteiger partial charge in [0.2, 0.25) is 0 Å². The minimum atomic E-state index is -0.628. The number of carbonyl (C=O) groups is 1. The maximum absolute atomic E-state index is 11.9. The molecule has 3 aromatic rings. The predicted molar refractivity (Wildman–Crippen MR) is 112 cm³/mol. The molecule has 0 saturated heterocycles. The highest BCUT2D eigenvalue weighted by atomic mass is 35.5. The number of hydrogen-bond donors (Lipinski definition) is 1. The Morgan fingerprint density at radius 3 is 2.63 bits per heavy atom. The first kappa shape index (κ1) is 21.1. The molecule has 1 amide bonds. The third-order valence-electron chi connectivity index (χ3n) is 4.89. The van der Waals surface area contributed by atoms with Crippen molar-refractivity contribution in [3.05, 3.63) is 58.3 Å². The van der Waals surface area contributed by atoms with Crippen molar-refractivity contribution in [2.45, 2.75) is 39.3 Å². The van der Waals surface area contributed by atoms with E-state index in [2.05, 4.69) is 16.2 Å². The maximum Gasteiger partial charge on any atom is 0.269 e. The quantitative estimate of drug-likeness (QED) is 0.650. The number of imidazole rings is 1. The van der Waals surface area contributed by atoms with Gasteiger partial charge >= 0.3 is 0 Å². The van der Waals surface area contributed by atoms with E-state index in [1.54, 1.807) is 41.3 Å². The molecule has 2 atom stereocenters. The van der Waals surface area contributed by atoms with E-state index in [-0.39, 0.29) is 11.6 Å². The molecule has 2 aromatic heterocycles. The van der Waals surface area contributed by atoms with Gasteiger partial charge in [-0.1, -0.05) is 24.6 Å². The van der Waals surface area contributed by atoms with Crippen LogP contribution in [0.2, 0.25) is 5.02 Å². The number of benzene rings is 1. The van der Waals surface area contributed by atoms with E-state index in [0.29, 0.717) is 34.3 Å². The number of hydrogen-bond acceptors (Lipinski definition) is 5. The Bertz CT molecular complexity index is 1200. The first-order valence-electron chi connectivity index (χ1n) is 9.28. The lowest BCUT2D eigenvalue weighted by atomic mass is 10.0. The van der Waals surface area contributed by atoms with Crippen molar-refractivity contribution in [3.8, 4) is 23.4 Å². The molecular weight excluding hydrogens is 402 g/mol. The molecular formula is C21H20ClN7O. The first-order valence-corrected chi connectivity index (χ1v) is 9.66. The summed E-state index contributed by atoms with van der Waals surface area (Å²) in [7, 11) is 0. The summed E-state index contributed by atoms with van der Waals surface area (Å²) in [6.07, 6.45) is 1.82. The number of halogens is 1. The molecule has 1 aromatic carbocycles. The second kappa shape index (κ2) is 8.40. The van der Waals surface area contributed by atoms with E-state index < -0.39 is 11.9 Å². The molecule has 30 heavy (non-hydrogen) atoms. The van der Waals surface area contributed by atoms with Crippen LogP contribution in [0.25, 0.3) is 11.3 Å². The van der Waals surface area contributed by atoms with Crippen molar-refractivity contribution in [2.24, 2.45) is 5.73 Å². The van der Waals surface area contributed by atoms with Crippen LogP contribution in [0.3, 0.4) is 0 Å². The van der Waals surface area contributed by atoms with Crippen LogP contribution in [-0.2, 0) is 6.54 Å². The number of nitriles is 2. The maximum atomic E-state index is 11.9. The summed E-state index contributed by atoms with van der Waals surface area (Å²) in [5.41, 5.74) is 8.23. The van der Waals surface area contributed by atoms with Crippen LogP contribution < -0.4 is 5.73 Å². The molecule has 1 unspecified atom stereocenters. The van der Waals surface area contributed by atoms with Crippen molar-refractivity contribution in [3.63, 3.8) is 0 Å². The Hall–Kier alpha value is -3.62. The third-order valence-corrected chi connectivity index (χ3v) is 5.20. The molecule has 0 radical (unpaired) electrons. The molecule has 0 aliphatic heterocycles. The highest BCUT2D eigenvalue weighted by Gasteiger charge is 2.26. The van der Waals surface area contributed by atoms with Gasteiger partial charge in [-0.15, -0.1) is 0 Å². The molecule has 152 valence electrons. The summed E-state index contributed by atoms with van der Waals surface area (Å²) in [5.74, 6) is -0.243. The van der Waals surface area contributed by atoms with Crippen molar-refractivity contribution >= 4 is 17.5 Å².